The maximum atomic E-state index is 11.3. The Morgan fingerprint density at radius 1 is 1.47 bits per heavy atom. The fraction of sp³-hybridized carbons (Fsp3) is 0.909. The molecule has 6 heteroatoms. The van der Waals surface area contributed by atoms with E-state index >= 15 is 0 Å². The van der Waals surface area contributed by atoms with E-state index in [-0.39, 0.29) is 18.2 Å². The highest BCUT2D eigenvalue weighted by Gasteiger charge is 2.31. The van der Waals surface area contributed by atoms with Crippen molar-refractivity contribution in [1.82, 2.24) is 15.5 Å². The highest BCUT2D eigenvalue weighted by molar-refractivity contribution is 5.76. The summed E-state index contributed by atoms with van der Waals surface area (Å²) in [6, 6.07) is 0.0109. The van der Waals surface area contributed by atoms with Crippen molar-refractivity contribution >= 4 is 6.03 Å². The van der Waals surface area contributed by atoms with Gasteiger partial charge in [-0.15, -0.1) is 0 Å². The molecule has 2 aliphatic heterocycles. The number of aliphatic hydroxyl groups is 1. The van der Waals surface area contributed by atoms with Crippen molar-refractivity contribution in [3.05, 3.63) is 0 Å². The van der Waals surface area contributed by atoms with Gasteiger partial charge in [0.05, 0.1) is 6.61 Å². The van der Waals surface area contributed by atoms with E-state index in [1.807, 2.05) is 0 Å². The molecule has 3 N–H and O–H groups in total. The monoisotopic (exact) mass is 243 g/mol. The van der Waals surface area contributed by atoms with Crippen molar-refractivity contribution in [2.45, 2.75) is 18.4 Å². The van der Waals surface area contributed by atoms with Crippen molar-refractivity contribution in [2.75, 3.05) is 46.0 Å². The summed E-state index contributed by atoms with van der Waals surface area (Å²) in [6.07, 6.45) is 1.66. The molecule has 2 heterocycles. The highest BCUT2D eigenvalue weighted by atomic mass is 16.5. The Morgan fingerprint density at radius 2 is 2.24 bits per heavy atom. The van der Waals surface area contributed by atoms with Gasteiger partial charge in [0.25, 0.3) is 0 Å². The first-order valence-corrected chi connectivity index (χ1v) is 6.22. The molecular formula is C11H21N3O3. The molecular weight excluding hydrogens is 222 g/mol. The molecule has 0 aromatic carbocycles. The summed E-state index contributed by atoms with van der Waals surface area (Å²) < 4.78 is 5.30. The van der Waals surface area contributed by atoms with Crippen LogP contribution in [-0.4, -0.2) is 67.6 Å². The maximum Gasteiger partial charge on any atom is 0.317 e. The van der Waals surface area contributed by atoms with Gasteiger partial charge in [-0.25, -0.2) is 4.79 Å². The van der Waals surface area contributed by atoms with Crippen LogP contribution in [0, 0.1) is 0 Å². The number of nitrogens with one attached hydrogen (secondary N) is 2. The SMILES string of the molecule is O=C1NCCN1CCNC1(CO)CCOCC1. The Labute approximate surface area is 101 Å². The van der Waals surface area contributed by atoms with Crippen molar-refractivity contribution in [3.63, 3.8) is 0 Å². The van der Waals surface area contributed by atoms with Gasteiger partial charge >= 0.3 is 6.03 Å². The van der Waals surface area contributed by atoms with Gasteiger partial charge in [-0.1, -0.05) is 0 Å². The zero-order valence-corrected chi connectivity index (χ0v) is 10.1. The van der Waals surface area contributed by atoms with Crippen molar-refractivity contribution < 1.29 is 14.6 Å². The van der Waals surface area contributed by atoms with Crippen LogP contribution in [0.15, 0.2) is 0 Å². The number of hydrogen-bond donors (Lipinski definition) is 3. The number of nitrogens with zero attached hydrogens (tertiary/aromatic N) is 1. The molecule has 2 rings (SSSR count). The third kappa shape index (κ3) is 3.08. The first kappa shape index (κ1) is 12.6. The summed E-state index contributed by atoms with van der Waals surface area (Å²) in [5, 5.41) is 15.6. The van der Waals surface area contributed by atoms with Gasteiger partial charge in [-0.05, 0) is 12.8 Å². The average molecular weight is 243 g/mol. The number of amides is 2. The number of urea groups is 1. The molecule has 0 aromatic heterocycles. The van der Waals surface area contributed by atoms with Crippen LogP contribution in [0.5, 0.6) is 0 Å². The molecule has 0 radical (unpaired) electrons. The number of rotatable bonds is 5. The first-order chi connectivity index (χ1) is 8.26. The zero-order valence-electron chi connectivity index (χ0n) is 10.1. The van der Waals surface area contributed by atoms with Crippen LogP contribution in [0.1, 0.15) is 12.8 Å². The van der Waals surface area contributed by atoms with E-state index < -0.39 is 0 Å². The molecule has 0 aliphatic carbocycles. The van der Waals surface area contributed by atoms with Crippen molar-refractivity contribution in [2.24, 2.45) is 0 Å². The van der Waals surface area contributed by atoms with Gasteiger partial charge < -0.3 is 25.4 Å². The lowest BCUT2D eigenvalue weighted by molar-refractivity contribution is 0.0117. The maximum absolute atomic E-state index is 11.3. The van der Waals surface area contributed by atoms with Crippen LogP contribution in [0.3, 0.4) is 0 Å². The first-order valence-electron chi connectivity index (χ1n) is 6.22. The van der Waals surface area contributed by atoms with Crippen LogP contribution in [0.25, 0.3) is 0 Å². The van der Waals surface area contributed by atoms with Gasteiger partial charge in [0.2, 0.25) is 0 Å². The van der Waals surface area contributed by atoms with E-state index in [9.17, 15) is 9.90 Å². The summed E-state index contributed by atoms with van der Waals surface area (Å²) in [4.78, 5) is 13.1. The Hall–Kier alpha value is -0.850. The zero-order chi connectivity index (χ0) is 12.1. The Kier molecular flexibility index (Phi) is 4.20. The second-order valence-corrected chi connectivity index (χ2v) is 4.70. The minimum absolute atomic E-state index is 0.0109. The van der Waals surface area contributed by atoms with Crippen molar-refractivity contribution in [1.29, 1.82) is 0 Å². The standard InChI is InChI=1S/C11H21N3O3/c15-9-11(1-7-17-8-2-11)13-4-6-14-5-3-12-10(14)16/h13,15H,1-9H2,(H,12,16). The van der Waals surface area contributed by atoms with Crippen LogP contribution >= 0.6 is 0 Å². The predicted molar refractivity (Wildman–Crippen MR) is 62.8 cm³/mol. The molecule has 2 aliphatic rings. The molecule has 6 nitrogen and oxygen atoms in total. The Balaban J connectivity index is 1.74. The summed E-state index contributed by atoms with van der Waals surface area (Å²) >= 11 is 0. The molecule has 0 bridgehead atoms. The lowest BCUT2D eigenvalue weighted by Crippen LogP contribution is -2.54. The second kappa shape index (κ2) is 5.66. The van der Waals surface area contributed by atoms with Crippen LogP contribution in [0.4, 0.5) is 4.79 Å². The summed E-state index contributed by atoms with van der Waals surface area (Å²) in [5.74, 6) is 0. The number of carbonyl (C=O) groups is 1. The number of carbonyl (C=O) groups excluding carboxylic acids is 1. The smallest absolute Gasteiger partial charge is 0.317 e. The van der Waals surface area contributed by atoms with Gasteiger partial charge in [-0.2, -0.15) is 0 Å². The van der Waals surface area contributed by atoms with Gasteiger partial charge in [0.15, 0.2) is 0 Å². The molecule has 2 fully saturated rings. The van der Waals surface area contributed by atoms with Crippen LogP contribution in [0.2, 0.25) is 0 Å². The normalized spacial score (nSPS) is 23.8. The molecule has 98 valence electrons. The number of aliphatic hydroxyl groups excluding tert-OH is 1. The summed E-state index contributed by atoms with van der Waals surface area (Å²) in [6.45, 7) is 4.42. The molecule has 0 atom stereocenters. The Bertz CT molecular complexity index is 267. The molecule has 2 saturated heterocycles. The highest BCUT2D eigenvalue weighted by Crippen LogP contribution is 2.19. The van der Waals surface area contributed by atoms with Gasteiger partial charge in [-0.3, -0.25) is 0 Å². The third-order valence-electron chi connectivity index (χ3n) is 3.58. The molecule has 0 unspecified atom stereocenters. The van der Waals surface area contributed by atoms with E-state index in [1.54, 1.807) is 4.90 Å². The number of hydrogen-bond acceptors (Lipinski definition) is 4. The fourth-order valence-electron chi connectivity index (χ4n) is 2.33. The van der Waals surface area contributed by atoms with Crippen molar-refractivity contribution in [3.8, 4) is 0 Å². The second-order valence-electron chi connectivity index (χ2n) is 4.70. The van der Waals surface area contributed by atoms with E-state index in [0.29, 0.717) is 26.3 Å². The predicted octanol–water partition coefficient (Wildman–Crippen LogP) is -0.857. The van der Waals surface area contributed by atoms with Crippen LogP contribution < -0.4 is 10.6 Å². The van der Waals surface area contributed by atoms with E-state index in [1.165, 1.54) is 0 Å². The van der Waals surface area contributed by atoms with E-state index in [0.717, 1.165) is 25.9 Å². The molecule has 0 spiro atoms. The molecule has 0 saturated carbocycles. The number of ether oxygens (including phenoxy) is 1. The fourth-order valence-corrected chi connectivity index (χ4v) is 2.33. The van der Waals surface area contributed by atoms with Crippen LogP contribution in [-0.2, 0) is 4.74 Å². The lowest BCUT2D eigenvalue weighted by Gasteiger charge is -2.37. The van der Waals surface area contributed by atoms with Gasteiger partial charge in [0, 0.05) is 44.9 Å². The van der Waals surface area contributed by atoms with E-state index in [4.69, 9.17) is 4.74 Å². The third-order valence-corrected chi connectivity index (χ3v) is 3.58. The topological polar surface area (TPSA) is 73.8 Å². The van der Waals surface area contributed by atoms with Gasteiger partial charge in [0.1, 0.15) is 0 Å². The minimum Gasteiger partial charge on any atom is -0.394 e. The quantitative estimate of drug-likeness (QED) is 0.587. The Morgan fingerprint density at radius 3 is 2.82 bits per heavy atom. The molecule has 2 amide bonds. The minimum atomic E-state index is -0.214. The summed E-state index contributed by atoms with van der Waals surface area (Å²) in [7, 11) is 0. The van der Waals surface area contributed by atoms with E-state index in [2.05, 4.69) is 10.6 Å². The average Bonchev–Trinajstić information content (AvgIpc) is 2.76. The lowest BCUT2D eigenvalue weighted by atomic mass is 9.91. The summed E-state index contributed by atoms with van der Waals surface area (Å²) in [5.41, 5.74) is -0.214. The largest absolute Gasteiger partial charge is 0.394 e. The molecule has 17 heavy (non-hydrogen) atoms. The molecule has 0 aromatic rings.